The van der Waals surface area contributed by atoms with E-state index in [-0.39, 0.29) is 16.1 Å². The second kappa shape index (κ2) is 6.33. The Bertz CT molecular complexity index is 435. The van der Waals surface area contributed by atoms with Crippen molar-refractivity contribution >= 4 is 34.8 Å². The number of rotatable bonds is 3. The Morgan fingerprint density at radius 2 is 2.17 bits per heavy atom. The van der Waals surface area contributed by atoms with Gasteiger partial charge in [-0.1, -0.05) is 23.2 Å². The van der Waals surface area contributed by atoms with Crippen LogP contribution in [0.1, 0.15) is 0 Å². The first-order chi connectivity index (χ1) is 8.66. The summed E-state index contributed by atoms with van der Waals surface area (Å²) in [5, 5.41) is 6.44. The summed E-state index contributed by atoms with van der Waals surface area (Å²) in [6, 6.07) is 1.63. The molecule has 2 rings (SSSR count). The summed E-state index contributed by atoms with van der Waals surface area (Å²) in [6.07, 6.45) is 1.51. The lowest BCUT2D eigenvalue weighted by atomic mass is 10.3. The van der Waals surface area contributed by atoms with E-state index in [1.807, 2.05) is 0 Å². The van der Waals surface area contributed by atoms with Crippen LogP contribution in [0.15, 0.2) is 12.3 Å². The summed E-state index contributed by atoms with van der Waals surface area (Å²) in [4.78, 5) is 17.8. The molecule has 98 valence electrons. The Morgan fingerprint density at radius 1 is 1.44 bits per heavy atom. The molecule has 1 amide bonds. The maximum atomic E-state index is 11.8. The Kier molecular flexibility index (Phi) is 4.77. The third kappa shape index (κ3) is 3.55. The number of amides is 1. The number of hydrogen-bond donors (Lipinski definition) is 2. The average molecular weight is 289 g/mol. The van der Waals surface area contributed by atoms with Gasteiger partial charge < -0.3 is 10.6 Å². The van der Waals surface area contributed by atoms with Gasteiger partial charge in [0.25, 0.3) is 0 Å². The van der Waals surface area contributed by atoms with Gasteiger partial charge in [0.2, 0.25) is 5.91 Å². The second-order valence-corrected chi connectivity index (χ2v) is 4.77. The molecule has 1 aliphatic heterocycles. The van der Waals surface area contributed by atoms with Crippen LogP contribution in [0.5, 0.6) is 0 Å². The lowest BCUT2D eigenvalue weighted by Gasteiger charge is -2.26. The fourth-order valence-electron chi connectivity index (χ4n) is 1.78. The summed E-state index contributed by atoms with van der Waals surface area (Å²) in [7, 11) is 0. The van der Waals surface area contributed by atoms with Crippen LogP contribution in [0, 0.1) is 0 Å². The molecule has 0 aliphatic carbocycles. The smallest absolute Gasteiger partial charge is 0.238 e. The van der Waals surface area contributed by atoms with E-state index in [2.05, 4.69) is 20.5 Å². The molecule has 1 saturated heterocycles. The molecule has 2 heterocycles. The van der Waals surface area contributed by atoms with Gasteiger partial charge in [-0.25, -0.2) is 4.98 Å². The van der Waals surface area contributed by atoms with Crippen molar-refractivity contribution in [2.75, 3.05) is 38.0 Å². The fourth-order valence-corrected chi connectivity index (χ4v) is 2.09. The first-order valence-corrected chi connectivity index (χ1v) is 6.45. The SMILES string of the molecule is O=C(CN1CCNCC1)Nc1ccnc(Cl)c1Cl. The van der Waals surface area contributed by atoms with Crippen molar-refractivity contribution in [1.82, 2.24) is 15.2 Å². The van der Waals surface area contributed by atoms with Crippen LogP contribution >= 0.6 is 23.2 Å². The van der Waals surface area contributed by atoms with E-state index in [4.69, 9.17) is 23.2 Å². The van der Waals surface area contributed by atoms with Crippen LogP contribution in [0.3, 0.4) is 0 Å². The van der Waals surface area contributed by atoms with Gasteiger partial charge in [0, 0.05) is 32.4 Å². The Labute approximate surface area is 115 Å². The Morgan fingerprint density at radius 3 is 2.89 bits per heavy atom. The highest BCUT2D eigenvalue weighted by molar-refractivity contribution is 6.43. The molecule has 5 nitrogen and oxygen atoms in total. The number of hydrogen-bond acceptors (Lipinski definition) is 4. The van der Waals surface area contributed by atoms with Gasteiger partial charge in [0.05, 0.1) is 12.2 Å². The second-order valence-electron chi connectivity index (χ2n) is 4.04. The van der Waals surface area contributed by atoms with E-state index < -0.39 is 0 Å². The molecule has 0 atom stereocenters. The number of nitrogens with one attached hydrogen (secondary N) is 2. The zero-order valence-corrected chi connectivity index (χ0v) is 11.3. The van der Waals surface area contributed by atoms with Gasteiger partial charge in [-0.05, 0) is 6.07 Å². The van der Waals surface area contributed by atoms with Crippen molar-refractivity contribution in [3.8, 4) is 0 Å². The third-order valence-electron chi connectivity index (χ3n) is 2.70. The molecule has 1 fully saturated rings. The first-order valence-electron chi connectivity index (χ1n) is 5.70. The van der Waals surface area contributed by atoms with Crippen molar-refractivity contribution < 1.29 is 4.79 Å². The predicted molar refractivity (Wildman–Crippen MR) is 72.2 cm³/mol. The summed E-state index contributed by atoms with van der Waals surface area (Å²) in [6.45, 7) is 3.93. The molecule has 18 heavy (non-hydrogen) atoms. The van der Waals surface area contributed by atoms with Crippen LogP contribution < -0.4 is 10.6 Å². The van der Waals surface area contributed by atoms with Crippen molar-refractivity contribution in [1.29, 1.82) is 0 Å². The van der Waals surface area contributed by atoms with Crippen molar-refractivity contribution in [3.05, 3.63) is 22.4 Å². The molecular weight excluding hydrogens is 275 g/mol. The number of pyridine rings is 1. The molecule has 1 aromatic rings. The minimum atomic E-state index is -0.0962. The summed E-state index contributed by atoms with van der Waals surface area (Å²) < 4.78 is 0. The predicted octanol–water partition coefficient (Wildman–Crippen LogP) is 1.23. The number of nitrogens with zero attached hydrogens (tertiary/aromatic N) is 2. The van der Waals surface area contributed by atoms with E-state index in [9.17, 15) is 4.79 Å². The molecule has 7 heteroatoms. The Balaban J connectivity index is 1.92. The van der Waals surface area contributed by atoms with Crippen molar-refractivity contribution in [3.63, 3.8) is 0 Å². The minimum Gasteiger partial charge on any atom is -0.324 e. The largest absolute Gasteiger partial charge is 0.324 e. The van der Waals surface area contributed by atoms with Crippen LogP contribution in [0.25, 0.3) is 0 Å². The topological polar surface area (TPSA) is 57.3 Å². The quantitative estimate of drug-likeness (QED) is 0.822. The van der Waals surface area contributed by atoms with Crippen LogP contribution in [0.2, 0.25) is 10.2 Å². The molecule has 0 unspecified atom stereocenters. The number of carbonyl (C=O) groups excluding carboxylic acids is 1. The minimum absolute atomic E-state index is 0.0962. The maximum Gasteiger partial charge on any atom is 0.238 e. The molecule has 1 aliphatic rings. The third-order valence-corrected chi connectivity index (χ3v) is 3.46. The average Bonchev–Trinajstić information content (AvgIpc) is 2.36. The van der Waals surface area contributed by atoms with Gasteiger partial charge in [0.15, 0.2) is 0 Å². The number of halogens is 2. The zero-order chi connectivity index (χ0) is 13.0. The maximum absolute atomic E-state index is 11.8. The highest BCUT2D eigenvalue weighted by Gasteiger charge is 2.15. The molecular formula is C11H14Cl2N4O. The van der Waals surface area contributed by atoms with E-state index in [1.165, 1.54) is 6.20 Å². The lowest BCUT2D eigenvalue weighted by molar-refractivity contribution is -0.117. The number of carbonyl (C=O) groups is 1. The number of anilines is 1. The van der Waals surface area contributed by atoms with E-state index in [0.29, 0.717) is 12.2 Å². The van der Waals surface area contributed by atoms with Gasteiger partial charge in [-0.2, -0.15) is 0 Å². The van der Waals surface area contributed by atoms with Crippen molar-refractivity contribution in [2.24, 2.45) is 0 Å². The van der Waals surface area contributed by atoms with Gasteiger partial charge >= 0.3 is 0 Å². The summed E-state index contributed by atoms with van der Waals surface area (Å²) in [5.74, 6) is -0.0962. The Hall–Kier alpha value is -0.880. The molecule has 0 aromatic carbocycles. The molecule has 0 bridgehead atoms. The van der Waals surface area contributed by atoms with Crippen LogP contribution in [-0.2, 0) is 4.79 Å². The van der Waals surface area contributed by atoms with Gasteiger partial charge in [0.1, 0.15) is 10.2 Å². The van der Waals surface area contributed by atoms with Crippen LogP contribution in [-0.4, -0.2) is 48.5 Å². The van der Waals surface area contributed by atoms with E-state index in [1.54, 1.807) is 6.07 Å². The van der Waals surface area contributed by atoms with Gasteiger partial charge in [-0.15, -0.1) is 0 Å². The van der Waals surface area contributed by atoms with E-state index in [0.717, 1.165) is 26.2 Å². The first kappa shape index (κ1) is 13.5. The highest BCUT2D eigenvalue weighted by Crippen LogP contribution is 2.27. The lowest BCUT2D eigenvalue weighted by Crippen LogP contribution is -2.46. The number of piperazine rings is 1. The molecule has 0 saturated carbocycles. The zero-order valence-electron chi connectivity index (χ0n) is 9.75. The molecule has 2 N–H and O–H groups in total. The summed E-state index contributed by atoms with van der Waals surface area (Å²) in [5.41, 5.74) is 0.497. The van der Waals surface area contributed by atoms with E-state index >= 15 is 0 Å². The summed E-state index contributed by atoms with van der Waals surface area (Å²) >= 11 is 11.7. The number of aromatic nitrogens is 1. The fraction of sp³-hybridized carbons (Fsp3) is 0.455. The van der Waals surface area contributed by atoms with Crippen molar-refractivity contribution in [2.45, 2.75) is 0 Å². The molecule has 0 radical (unpaired) electrons. The standard InChI is InChI=1S/C11H14Cl2N4O/c12-10-8(1-2-15-11(10)13)16-9(18)7-17-5-3-14-4-6-17/h1-2,14H,3-7H2,(H,15,16,18). The molecule has 0 spiro atoms. The monoisotopic (exact) mass is 288 g/mol. The highest BCUT2D eigenvalue weighted by atomic mass is 35.5. The normalized spacial score (nSPS) is 16.6. The molecule has 1 aromatic heterocycles. The van der Waals surface area contributed by atoms with Crippen LogP contribution in [0.4, 0.5) is 5.69 Å². The van der Waals surface area contributed by atoms with Gasteiger partial charge in [-0.3, -0.25) is 9.69 Å².